The van der Waals surface area contributed by atoms with Crippen LogP contribution in [0.4, 0.5) is 0 Å². The summed E-state index contributed by atoms with van der Waals surface area (Å²) >= 11 is 1.55. The number of aryl methyl sites for hydroxylation is 1. The maximum absolute atomic E-state index is 13.3. The average Bonchev–Trinajstić information content (AvgIpc) is 3.34. The lowest BCUT2D eigenvalue weighted by Gasteiger charge is -2.31. The third kappa shape index (κ3) is 4.53. The molecule has 0 spiro atoms. The molecule has 1 amide bonds. The van der Waals surface area contributed by atoms with E-state index in [1.54, 1.807) is 30.4 Å². The average molecular weight is 424 g/mol. The van der Waals surface area contributed by atoms with Gasteiger partial charge in [-0.3, -0.25) is 4.79 Å². The van der Waals surface area contributed by atoms with Crippen molar-refractivity contribution in [3.05, 3.63) is 33.8 Å². The standard InChI is InChI=1S/C19H25N3O4S2/c1-3-10-20-19(23)15-6-4-11-22(13-15)28(24,25)18-14(2)21-26-17(18)9-8-16-7-5-12-27-16/h5,7-9,12,15H,3-4,6,10-11,13H2,1-2H3,(H,20,23)/b9-8+/t15-/m1/s1. The van der Waals surface area contributed by atoms with Crippen LogP contribution in [0.15, 0.2) is 26.9 Å². The van der Waals surface area contributed by atoms with E-state index in [1.807, 2.05) is 24.4 Å². The van der Waals surface area contributed by atoms with Crippen LogP contribution in [0, 0.1) is 12.8 Å². The lowest BCUT2D eigenvalue weighted by atomic mass is 9.99. The van der Waals surface area contributed by atoms with Crippen molar-refractivity contribution >= 4 is 39.4 Å². The smallest absolute Gasteiger partial charge is 0.248 e. The van der Waals surface area contributed by atoms with Crippen molar-refractivity contribution in [2.75, 3.05) is 19.6 Å². The number of piperidine rings is 1. The first-order chi connectivity index (χ1) is 13.4. The van der Waals surface area contributed by atoms with E-state index in [2.05, 4.69) is 10.5 Å². The fourth-order valence-corrected chi connectivity index (χ4v) is 5.63. The molecule has 1 fully saturated rings. The van der Waals surface area contributed by atoms with E-state index in [9.17, 15) is 13.2 Å². The monoisotopic (exact) mass is 423 g/mol. The number of hydrogen-bond donors (Lipinski definition) is 1. The zero-order valence-corrected chi connectivity index (χ0v) is 17.7. The first-order valence-corrected chi connectivity index (χ1v) is 11.7. The number of nitrogens with zero attached hydrogens (tertiary/aromatic N) is 2. The number of rotatable bonds is 7. The van der Waals surface area contributed by atoms with Crippen molar-refractivity contribution in [3.63, 3.8) is 0 Å². The molecule has 0 aliphatic carbocycles. The van der Waals surface area contributed by atoms with Gasteiger partial charge in [-0.05, 0) is 49.8 Å². The number of aromatic nitrogens is 1. The normalized spacial score (nSPS) is 18.6. The maximum atomic E-state index is 13.3. The second-order valence-corrected chi connectivity index (χ2v) is 9.66. The summed E-state index contributed by atoms with van der Waals surface area (Å²) in [5.41, 5.74) is 0.323. The fraction of sp³-hybridized carbons (Fsp3) is 0.474. The van der Waals surface area contributed by atoms with Crippen LogP contribution in [0.5, 0.6) is 0 Å². The fourth-order valence-electron chi connectivity index (χ4n) is 3.24. The van der Waals surface area contributed by atoms with Gasteiger partial charge in [0.25, 0.3) is 0 Å². The predicted octanol–water partition coefficient (Wildman–Crippen LogP) is 3.14. The van der Waals surface area contributed by atoms with Crippen molar-refractivity contribution in [2.24, 2.45) is 5.92 Å². The van der Waals surface area contributed by atoms with Crippen molar-refractivity contribution in [3.8, 4) is 0 Å². The predicted molar refractivity (Wildman–Crippen MR) is 109 cm³/mol. The molecule has 3 heterocycles. The molecule has 28 heavy (non-hydrogen) atoms. The number of amides is 1. The molecule has 2 aromatic heterocycles. The Kier molecular flexibility index (Phi) is 6.69. The second-order valence-electron chi connectivity index (χ2n) is 6.80. The van der Waals surface area contributed by atoms with Gasteiger partial charge < -0.3 is 9.84 Å². The highest BCUT2D eigenvalue weighted by Gasteiger charge is 2.36. The van der Waals surface area contributed by atoms with Crippen molar-refractivity contribution in [1.29, 1.82) is 0 Å². The molecule has 1 aliphatic heterocycles. The van der Waals surface area contributed by atoms with Crippen LogP contribution in [-0.2, 0) is 14.8 Å². The summed E-state index contributed by atoms with van der Waals surface area (Å²) in [4.78, 5) is 13.4. The van der Waals surface area contributed by atoms with Crippen LogP contribution in [0.2, 0.25) is 0 Å². The largest absolute Gasteiger partial charge is 0.356 e. The van der Waals surface area contributed by atoms with Crippen LogP contribution < -0.4 is 5.32 Å². The topological polar surface area (TPSA) is 92.5 Å². The molecule has 3 rings (SSSR count). The van der Waals surface area contributed by atoms with Gasteiger partial charge in [-0.25, -0.2) is 8.42 Å². The molecular formula is C19H25N3O4S2. The quantitative estimate of drug-likeness (QED) is 0.739. The third-order valence-corrected chi connectivity index (χ3v) is 7.54. The summed E-state index contributed by atoms with van der Waals surface area (Å²) in [5, 5.41) is 8.68. The van der Waals surface area contributed by atoms with Gasteiger partial charge in [0.15, 0.2) is 10.7 Å². The minimum absolute atomic E-state index is 0.0786. The molecule has 1 atom stereocenters. The van der Waals surface area contributed by atoms with E-state index in [0.717, 1.165) is 11.3 Å². The SMILES string of the molecule is CCCNC(=O)[C@@H]1CCCN(S(=O)(=O)c2c(C)noc2/C=C/c2cccs2)C1. The number of nitrogens with one attached hydrogen (secondary N) is 1. The molecule has 1 saturated heterocycles. The van der Waals surface area contributed by atoms with E-state index >= 15 is 0 Å². The van der Waals surface area contributed by atoms with Gasteiger partial charge in [0, 0.05) is 24.5 Å². The lowest BCUT2D eigenvalue weighted by molar-refractivity contribution is -0.126. The summed E-state index contributed by atoms with van der Waals surface area (Å²) in [6.45, 7) is 4.77. The van der Waals surface area contributed by atoms with Crippen molar-refractivity contribution < 1.29 is 17.7 Å². The van der Waals surface area contributed by atoms with Crippen LogP contribution in [-0.4, -0.2) is 43.4 Å². The van der Waals surface area contributed by atoms with Gasteiger partial charge in [-0.1, -0.05) is 18.1 Å². The number of sulfonamides is 1. The Morgan fingerprint density at radius 3 is 3.00 bits per heavy atom. The van der Waals surface area contributed by atoms with Gasteiger partial charge in [-0.2, -0.15) is 4.31 Å². The number of carbonyl (C=O) groups is 1. The van der Waals surface area contributed by atoms with Gasteiger partial charge >= 0.3 is 0 Å². The molecule has 0 unspecified atom stereocenters. The summed E-state index contributed by atoms with van der Waals surface area (Å²) in [6.07, 6.45) is 5.62. The molecule has 2 aromatic rings. The maximum Gasteiger partial charge on any atom is 0.248 e. The molecule has 152 valence electrons. The highest BCUT2D eigenvalue weighted by molar-refractivity contribution is 7.89. The highest BCUT2D eigenvalue weighted by atomic mass is 32.2. The first kappa shape index (κ1) is 20.8. The Balaban J connectivity index is 1.82. The minimum atomic E-state index is -3.81. The Bertz CT molecular complexity index is 933. The number of carbonyl (C=O) groups excluding carboxylic acids is 1. The van der Waals surface area contributed by atoms with E-state index in [-0.39, 0.29) is 29.0 Å². The summed E-state index contributed by atoms with van der Waals surface area (Å²) < 4.78 is 33.3. The van der Waals surface area contributed by atoms with Crippen molar-refractivity contribution in [2.45, 2.75) is 38.0 Å². The first-order valence-electron chi connectivity index (χ1n) is 9.39. The summed E-state index contributed by atoms with van der Waals surface area (Å²) in [7, 11) is -3.81. The number of thiophene rings is 1. The van der Waals surface area contributed by atoms with Gasteiger partial charge in [0.2, 0.25) is 15.9 Å². The highest BCUT2D eigenvalue weighted by Crippen LogP contribution is 2.29. The molecule has 9 heteroatoms. The zero-order valence-electron chi connectivity index (χ0n) is 16.1. The zero-order chi connectivity index (χ0) is 20.1. The van der Waals surface area contributed by atoms with Gasteiger partial charge in [0.1, 0.15) is 5.69 Å². The van der Waals surface area contributed by atoms with Crippen LogP contribution in [0.25, 0.3) is 12.2 Å². The third-order valence-electron chi connectivity index (χ3n) is 4.68. The van der Waals surface area contributed by atoms with Crippen LogP contribution in [0.1, 0.15) is 42.5 Å². The molecule has 0 radical (unpaired) electrons. The van der Waals surface area contributed by atoms with E-state index in [0.29, 0.717) is 31.6 Å². The van der Waals surface area contributed by atoms with Crippen molar-refractivity contribution in [1.82, 2.24) is 14.8 Å². The molecule has 7 nitrogen and oxygen atoms in total. The Hall–Kier alpha value is -1.97. The molecule has 0 saturated carbocycles. The molecule has 0 bridgehead atoms. The van der Waals surface area contributed by atoms with Crippen LogP contribution in [0.3, 0.4) is 0 Å². The summed E-state index contributed by atoms with van der Waals surface area (Å²) in [5.74, 6) is -0.203. The summed E-state index contributed by atoms with van der Waals surface area (Å²) in [6, 6.07) is 3.85. The number of hydrogen-bond acceptors (Lipinski definition) is 6. The molecular weight excluding hydrogens is 398 g/mol. The van der Waals surface area contributed by atoms with E-state index in [1.165, 1.54) is 4.31 Å². The van der Waals surface area contributed by atoms with Gasteiger partial charge in [0.05, 0.1) is 5.92 Å². The van der Waals surface area contributed by atoms with E-state index < -0.39 is 10.0 Å². The Morgan fingerprint density at radius 2 is 2.29 bits per heavy atom. The second kappa shape index (κ2) is 9.02. The van der Waals surface area contributed by atoms with Gasteiger partial charge in [-0.15, -0.1) is 11.3 Å². The minimum Gasteiger partial charge on any atom is -0.356 e. The Morgan fingerprint density at radius 1 is 1.46 bits per heavy atom. The molecule has 1 aliphatic rings. The lowest BCUT2D eigenvalue weighted by Crippen LogP contribution is -2.45. The molecule has 0 aromatic carbocycles. The van der Waals surface area contributed by atoms with Crippen LogP contribution >= 0.6 is 11.3 Å². The molecule has 1 N–H and O–H groups in total. The van der Waals surface area contributed by atoms with E-state index in [4.69, 9.17) is 4.52 Å². The Labute approximate surface area is 169 Å².